The van der Waals surface area contributed by atoms with Gasteiger partial charge >= 0.3 is 5.97 Å². The average Bonchev–Trinajstić information content (AvgIpc) is 2.18. The molecule has 0 bridgehead atoms. The van der Waals surface area contributed by atoms with Crippen molar-refractivity contribution in [2.24, 2.45) is 5.92 Å². The van der Waals surface area contributed by atoms with Crippen LogP contribution in [0.15, 0.2) is 23.8 Å². The van der Waals surface area contributed by atoms with Crippen LogP contribution in [0.2, 0.25) is 0 Å². The fourth-order valence-electron chi connectivity index (χ4n) is 1.30. The van der Waals surface area contributed by atoms with E-state index in [1.807, 2.05) is 12.2 Å². The molecule has 0 heterocycles. The zero-order valence-electron chi connectivity index (χ0n) is 7.97. The Morgan fingerprint density at radius 1 is 1.79 bits per heavy atom. The average molecular weight is 192 g/mol. The summed E-state index contributed by atoms with van der Waals surface area (Å²) in [6.45, 7) is 1.64. The molecule has 0 spiro atoms. The van der Waals surface area contributed by atoms with Crippen LogP contribution in [-0.4, -0.2) is 21.6 Å². The summed E-state index contributed by atoms with van der Waals surface area (Å²) in [5.74, 6) is -1.29. The molecular weight excluding hydrogens is 180 g/mol. The van der Waals surface area contributed by atoms with Crippen LogP contribution in [0, 0.1) is 5.92 Å². The van der Waals surface area contributed by atoms with Gasteiger partial charge < -0.3 is 10.6 Å². The number of hydrogen-bond donors (Lipinski definition) is 1. The Morgan fingerprint density at radius 2 is 2.50 bits per heavy atom. The van der Waals surface area contributed by atoms with E-state index in [1.54, 1.807) is 13.0 Å². The highest BCUT2D eigenvalue weighted by Crippen LogP contribution is 2.17. The molecule has 0 saturated carbocycles. The second-order valence-corrected chi connectivity index (χ2v) is 3.31. The van der Waals surface area contributed by atoms with Gasteiger partial charge in [-0.25, -0.2) is 0 Å². The van der Waals surface area contributed by atoms with Gasteiger partial charge in [0.1, 0.15) is 0 Å². The van der Waals surface area contributed by atoms with Crippen LogP contribution < -0.4 is 0 Å². The summed E-state index contributed by atoms with van der Waals surface area (Å²) in [7, 11) is 0. The van der Waals surface area contributed by atoms with Gasteiger partial charge in [0.15, 0.2) is 0 Å². The molecule has 74 valence electrons. The highest BCUT2D eigenvalue weighted by molar-refractivity contribution is 5.98. The topological polar surface area (TPSA) is 73.7 Å². The molecule has 0 radical (unpaired) electrons. The van der Waals surface area contributed by atoms with Gasteiger partial charge in [0.05, 0.1) is 12.3 Å². The van der Waals surface area contributed by atoms with Gasteiger partial charge in [-0.3, -0.25) is 4.79 Å². The molecule has 0 amide bonds. The molecule has 4 heteroatoms. The van der Waals surface area contributed by atoms with E-state index in [-0.39, 0.29) is 0 Å². The van der Waals surface area contributed by atoms with Crippen LogP contribution in [0.3, 0.4) is 0 Å². The number of carboxylic acids is 1. The Labute approximate surface area is 82.2 Å². The maximum Gasteiger partial charge on any atom is 0.306 e. The molecule has 1 atom stereocenters. The van der Waals surface area contributed by atoms with Crippen molar-refractivity contribution in [3.63, 3.8) is 0 Å². The monoisotopic (exact) mass is 192 g/mol. The van der Waals surface area contributed by atoms with Gasteiger partial charge in [-0.15, -0.1) is 0 Å². The summed E-state index contributed by atoms with van der Waals surface area (Å²) >= 11 is 0. The minimum absolute atomic E-state index is 0.402. The van der Waals surface area contributed by atoms with Gasteiger partial charge in [-0.05, 0) is 6.42 Å². The minimum Gasteiger partial charge on any atom is -0.481 e. The number of aliphatic carboxylic acids is 1. The molecule has 14 heavy (non-hydrogen) atoms. The molecule has 0 aromatic rings. The second-order valence-electron chi connectivity index (χ2n) is 3.31. The van der Waals surface area contributed by atoms with E-state index in [9.17, 15) is 4.79 Å². The molecule has 0 aromatic carbocycles. The SMILES string of the molecule is CC(CC1=CC=CCC1=[N+]=[N-])C(=O)O. The number of hydrogen-bond acceptors (Lipinski definition) is 1. The number of allylic oxidation sites excluding steroid dienone is 4. The van der Waals surface area contributed by atoms with E-state index in [1.165, 1.54) is 0 Å². The zero-order chi connectivity index (χ0) is 10.6. The third-order valence-electron chi connectivity index (χ3n) is 2.18. The summed E-state index contributed by atoms with van der Waals surface area (Å²) in [5.41, 5.74) is 10.0. The van der Waals surface area contributed by atoms with Crippen molar-refractivity contribution < 1.29 is 14.7 Å². The quantitative estimate of drug-likeness (QED) is 0.545. The molecular formula is C10H12N2O2. The molecule has 0 saturated heterocycles. The number of nitrogens with zero attached hydrogens (tertiary/aromatic N) is 2. The Morgan fingerprint density at radius 3 is 3.07 bits per heavy atom. The zero-order valence-corrected chi connectivity index (χ0v) is 7.97. The maximum absolute atomic E-state index is 10.6. The normalized spacial score (nSPS) is 17.2. The maximum atomic E-state index is 10.6. The van der Waals surface area contributed by atoms with Gasteiger partial charge in [0.2, 0.25) is 0 Å². The second kappa shape index (κ2) is 4.53. The number of carbonyl (C=O) groups is 1. The first kappa shape index (κ1) is 10.4. The molecule has 1 aliphatic carbocycles. The van der Waals surface area contributed by atoms with Crippen molar-refractivity contribution >= 4 is 11.7 Å². The van der Waals surface area contributed by atoms with E-state index in [4.69, 9.17) is 10.6 Å². The van der Waals surface area contributed by atoms with E-state index in [2.05, 4.69) is 4.79 Å². The van der Waals surface area contributed by atoms with Crippen molar-refractivity contribution in [1.29, 1.82) is 0 Å². The standard InChI is InChI=1S/C10H12N2O2/c1-7(10(13)14)6-8-4-2-3-5-9(8)12-11/h2-4,7H,5-6H2,1H3,(H,13,14). The molecule has 0 aliphatic heterocycles. The fourth-order valence-corrected chi connectivity index (χ4v) is 1.30. The lowest BCUT2D eigenvalue weighted by atomic mass is 9.93. The summed E-state index contributed by atoms with van der Waals surface area (Å²) in [6.07, 6.45) is 6.47. The van der Waals surface area contributed by atoms with Gasteiger partial charge in [-0.2, -0.15) is 4.79 Å². The lowest BCUT2D eigenvalue weighted by molar-refractivity contribution is -0.141. The Kier molecular flexibility index (Phi) is 3.37. The predicted octanol–water partition coefficient (Wildman–Crippen LogP) is 1.65. The molecule has 4 nitrogen and oxygen atoms in total. The highest BCUT2D eigenvalue weighted by Gasteiger charge is 2.21. The molecule has 0 aromatic heterocycles. The van der Waals surface area contributed by atoms with Crippen LogP contribution >= 0.6 is 0 Å². The molecule has 1 rings (SSSR count). The van der Waals surface area contributed by atoms with Crippen LogP contribution in [0.25, 0.3) is 5.53 Å². The van der Waals surface area contributed by atoms with Gasteiger partial charge in [0, 0.05) is 5.57 Å². The van der Waals surface area contributed by atoms with Gasteiger partial charge in [0.25, 0.3) is 5.71 Å². The third kappa shape index (κ3) is 2.41. The van der Waals surface area contributed by atoms with Gasteiger partial charge in [-0.1, -0.05) is 25.2 Å². The third-order valence-corrected chi connectivity index (χ3v) is 2.18. The molecule has 1 aliphatic rings. The minimum atomic E-state index is -0.835. The van der Waals surface area contributed by atoms with Crippen molar-refractivity contribution in [1.82, 2.24) is 0 Å². The summed E-state index contributed by atoms with van der Waals surface area (Å²) in [6, 6.07) is 0. The van der Waals surface area contributed by atoms with Crippen molar-refractivity contribution in [2.45, 2.75) is 19.8 Å². The Balaban J connectivity index is 2.76. The Hall–Kier alpha value is -1.67. The van der Waals surface area contributed by atoms with Crippen LogP contribution in [-0.2, 0) is 4.79 Å². The summed E-state index contributed by atoms with van der Waals surface area (Å²) in [4.78, 5) is 13.8. The molecule has 0 fully saturated rings. The Bertz CT molecular complexity index is 349. The lowest BCUT2D eigenvalue weighted by Gasteiger charge is -2.07. The molecule has 1 unspecified atom stereocenters. The predicted molar refractivity (Wildman–Crippen MR) is 51.9 cm³/mol. The van der Waals surface area contributed by atoms with Crippen LogP contribution in [0.1, 0.15) is 19.8 Å². The first-order valence-corrected chi connectivity index (χ1v) is 4.45. The van der Waals surface area contributed by atoms with E-state index >= 15 is 0 Å². The largest absolute Gasteiger partial charge is 0.481 e. The summed E-state index contributed by atoms with van der Waals surface area (Å²) in [5, 5.41) is 8.72. The first-order valence-electron chi connectivity index (χ1n) is 4.45. The van der Waals surface area contributed by atoms with Crippen molar-refractivity contribution in [3.8, 4) is 0 Å². The summed E-state index contributed by atoms with van der Waals surface area (Å²) < 4.78 is 0. The lowest BCUT2D eigenvalue weighted by Crippen LogP contribution is -2.15. The van der Waals surface area contributed by atoms with Crippen LogP contribution in [0.4, 0.5) is 0 Å². The number of carboxylic acid groups (broad SMARTS) is 1. The van der Waals surface area contributed by atoms with Crippen molar-refractivity contribution in [3.05, 3.63) is 29.3 Å². The fraction of sp³-hybridized carbons (Fsp3) is 0.400. The van der Waals surface area contributed by atoms with Crippen molar-refractivity contribution in [2.75, 3.05) is 0 Å². The number of rotatable bonds is 3. The van der Waals surface area contributed by atoms with E-state index in [0.29, 0.717) is 18.6 Å². The molecule has 1 N–H and O–H groups in total. The smallest absolute Gasteiger partial charge is 0.306 e. The first-order chi connectivity index (χ1) is 6.65. The van der Waals surface area contributed by atoms with Crippen LogP contribution in [0.5, 0.6) is 0 Å². The van der Waals surface area contributed by atoms with E-state index < -0.39 is 11.9 Å². The highest BCUT2D eigenvalue weighted by atomic mass is 16.4. The van der Waals surface area contributed by atoms with E-state index in [0.717, 1.165) is 5.57 Å².